The summed E-state index contributed by atoms with van der Waals surface area (Å²) >= 11 is 1.54. The minimum atomic E-state index is -1.00. The Balaban J connectivity index is 2.16. The number of H-pyrrole nitrogens is 1. The fourth-order valence-electron chi connectivity index (χ4n) is 1.88. The molecule has 7 heteroatoms. The van der Waals surface area contributed by atoms with Gasteiger partial charge in [-0.2, -0.15) is 0 Å². The van der Waals surface area contributed by atoms with Crippen molar-refractivity contribution in [2.45, 2.75) is 13.8 Å². The number of nitrogens with zero attached hydrogens (tertiary/aromatic N) is 3. The van der Waals surface area contributed by atoms with Gasteiger partial charge in [-0.1, -0.05) is 0 Å². The maximum absolute atomic E-state index is 10.9. The van der Waals surface area contributed by atoms with Crippen molar-refractivity contribution in [2.24, 2.45) is 0 Å². The lowest BCUT2D eigenvalue weighted by atomic mass is 10.3. The third kappa shape index (κ3) is 1.97. The summed E-state index contributed by atoms with van der Waals surface area (Å²) in [6, 6.07) is 1.53. The summed E-state index contributed by atoms with van der Waals surface area (Å²) in [5, 5.41) is 9.90. The summed E-state index contributed by atoms with van der Waals surface area (Å²) in [6.07, 6.45) is 1.31. The Labute approximate surface area is 112 Å². The van der Waals surface area contributed by atoms with Gasteiger partial charge in [-0.05, 0) is 19.9 Å². The second-order valence-corrected chi connectivity index (χ2v) is 5.34. The van der Waals surface area contributed by atoms with Crippen LogP contribution in [0.4, 0.5) is 0 Å². The first-order valence-electron chi connectivity index (χ1n) is 5.58. The molecule has 3 aromatic rings. The zero-order valence-corrected chi connectivity index (χ0v) is 11.1. The van der Waals surface area contributed by atoms with Crippen molar-refractivity contribution in [2.75, 3.05) is 0 Å². The minimum absolute atomic E-state index is 0.139. The van der Waals surface area contributed by atoms with Crippen molar-refractivity contribution in [1.82, 2.24) is 19.9 Å². The molecule has 0 radical (unpaired) electrons. The van der Waals surface area contributed by atoms with E-state index in [1.54, 1.807) is 11.3 Å². The SMILES string of the molecule is Cc1nc(C)c(-c2nc3ncc(C(=O)O)cc3[nH]2)s1. The maximum atomic E-state index is 10.9. The first-order chi connectivity index (χ1) is 9.04. The van der Waals surface area contributed by atoms with E-state index in [-0.39, 0.29) is 5.56 Å². The summed E-state index contributed by atoms with van der Waals surface area (Å²) in [7, 11) is 0. The van der Waals surface area contributed by atoms with E-state index in [4.69, 9.17) is 5.11 Å². The third-order valence-corrected chi connectivity index (χ3v) is 3.78. The number of thiazole rings is 1. The molecule has 0 fully saturated rings. The number of aromatic nitrogens is 4. The Bertz CT molecular complexity index is 790. The van der Waals surface area contributed by atoms with Crippen LogP contribution in [-0.4, -0.2) is 31.0 Å². The Morgan fingerprint density at radius 1 is 1.37 bits per heavy atom. The summed E-state index contributed by atoms with van der Waals surface area (Å²) in [6.45, 7) is 3.85. The summed E-state index contributed by atoms with van der Waals surface area (Å²) in [5.74, 6) is -0.330. The van der Waals surface area contributed by atoms with Gasteiger partial charge in [0.25, 0.3) is 0 Å². The lowest BCUT2D eigenvalue weighted by Crippen LogP contribution is -1.96. The second kappa shape index (κ2) is 4.13. The fourth-order valence-corrected chi connectivity index (χ4v) is 2.74. The van der Waals surface area contributed by atoms with Gasteiger partial charge in [0.05, 0.1) is 26.7 Å². The predicted octanol–water partition coefficient (Wildman–Crippen LogP) is 2.40. The van der Waals surface area contributed by atoms with Crippen LogP contribution in [0.2, 0.25) is 0 Å². The predicted molar refractivity (Wildman–Crippen MR) is 71.4 cm³/mol. The molecule has 0 unspecified atom stereocenters. The van der Waals surface area contributed by atoms with Gasteiger partial charge in [-0.3, -0.25) is 0 Å². The smallest absolute Gasteiger partial charge is 0.337 e. The van der Waals surface area contributed by atoms with Crippen LogP contribution in [0.1, 0.15) is 21.1 Å². The van der Waals surface area contributed by atoms with Crippen molar-refractivity contribution in [3.05, 3.63) is 28.5 Å². The van der Waals surface area contributed by atoms with Crippen LogP contribution in [0.15, 0.2) is 12.3 Å². The number of aromatic amines is 1. The normalized spacial score (nSPS) is 11.1. The number of imidazole rings is 1. The average Bonchev–Trinajstić information content (AvgIpc) is 2.90. The lowest BCUT2D eigenvalue weighted by molar-refractivity contribution is 0.0696. The molecule has 0 atom stereocenters. The number of pyridine rings is 1. The van der Waals surface area contributed by atoms with Gasteiger partial charge in [0.2, 0.25) is 0 Å². The van der Waals surface area contributed by atoms with E-state index >= 15 is 0 Å². The highest BCUT2D eigenvalue weighted by Gasteiger charge is 2.14. The number of carboxylic acids is 1. The number of fused-ring (bicyclic) bond motifs is 1. The molecule has 0 saturated carbocycles. The number of aromatic carboxylic acids is 1. The quantitative estimate of drug-likeness (QED) is 0.748. The standard InChI is InChI=1S/C12H10N4O2S/c1-5-9(19-6(2)14-5)11-15-8-3-7(12(17)18)4-13-10(8)16-11/h3-4H,1-2H3,(H,17,18)(H,13,15,16). The van der Waals surface area contributed by atoms with Crippen LogP contribution in [-0.2, 0) is 0 Å². The van der Waals surface area contributed by atoms with Gasteiger partial charge in [-0.25, -0.2) is 19.7 Å². The Hall–Kier alpha value is -2.28. The molecular weight excluding hydrogens is 264 g/mol. The highest BCUT2D eigenvalue weighted by Crippen LogP contribution is 2.28. The van der Waals surface area contributed by atoms with E-state index in [1.807, 2.05) is 13.8 Å². The second-order valence-electron chi connectivity index (χ2n) is 4.13. The number of rotatable bonds is 2. The van der Waals surface area contributed by atoms with Crippen LogP contribution in [0.3, 0.4) is 0 Å². The Kier molecular flexibility index (Phi) is 2.56. The van der Waals surface area contributed by atoms with Crippen molar-refractivity contribution in [1.29, 1.82) is 0 Å². The average molecular weight is 274 g/mol. The van der Waals surface area contributed by atoms with Crippen LogP contribution in [0.5, 0.6) is 0 Å². The van der Waals surface area contributed by atoms with Crippen LogP contribution in [0.25, 0.3) is 21.9 Å². The molecule has 0 aromatic carbocycles. The van der Waals surface area contributed by atoms with Gasteiger partial charge in [-0.15, -0.1) is 11.3 Å². The molecule has 96 valence electrons. The van der Waals surface area contributed by atoms with Crippen molar-refractivity contribution in [3.8, 4) is 10.7 Å². The zero-order chi connectivity index (χ0) is 13.6. The van der Waals surface area contributed by atoms with Crippen LogP contribution in [0, 0.1) is 13.8 Å². The molecular formula is C12H10N4O2S. The van der Waals surface area contributed by atoms with Crippen molar-refractivity contribution in [3.63, 3.8) is 0 Å². The first kappa shape index (κ1) is 11.8. The maximum Gasteiger partial charge on any atom is 0.337 e. The summed E-state index contributed by atoms with van der Waals surface area (Å²) < 4.78 is 0. The van der Waals surface area contributed by atoms with Crippen LogP contribution < -0.4 is 0 Å². The number of hydrogen-bond acceptors (Lipinski definition) is 5. The fraction of sp³-hybridized carbons (Fsp3) is 0.167. The van der Waals surface area contributed by atoms with Gasteiger partial charge < -0.3 is 10.1 Å². The molecule has 0 aliphatic rings. The molecule has 3 aromatic heterocycles. The van der Waals surface area contributed by atoms with Gasteiger partial charge in [0.15, 0.2) is 11.5 Å². The zero-order valence-electron chi connectivity index (χ0n) is 10.3. The van der Waals surface area contributed by atoms with Crippen LogP contribution >= 0.6 is 11.3 Å². The van der Waals surface area contributed by atoms with E-state index < -0.39 is 5.97 Å². The lowest BCUT2D eigenvalue weighted by Gasteiger charge is -1.91. The Morgan fingerprint density at radius 3 is 2.79 bits per heavy atom. The molecule has 6 nitrogen and oxygen atoms in total. The number of nitrogens with one attached hydrogen (secondary N) is 1. The molecule has 19 heavy (non-hydrogen) atoms. The van der Waals surface area contributed by atoms with E-state index in [2.05, 4.69) is 19.9 Å². The third-order valence-electron chi connectivity index (χ3n) is 2.70. The minimum Gasteiger partial charge on any atom is -0.478 e. The molecule has 2 N–H and O–H groups in total. The summed E-state index contributed by atoms with van der Waals surface area (Å²) in [5.41, 5.74) is 2.16. The molecule has 0 aliphatic heterocycles. The molecule has 0 bridgehead atoms. The monoisotopic (exact) mass is 274 g/mol. The van der Waals surface area contributed by atoms with Crippen molar-refractivity contribution >= 4 is 28.5 Å². The highest BCUT2D eigenvalue weighted by molar-refractivity contribution is 7.15. The van der Waals surface area contributed by atoms with E-state index in [1.165, 1.54) is 12.3 Å². The number of aryl methyl sites for hydroxylation is 2. The van der Waals surface area contributed by atoms with Crippen molar-refractivity contribution < 1.29 is 9.90 Å². The molecule has 0 amide bonds. The molecule has 0 aliphatic carbocycles. The van der Waals surface area contributed by atoms with Gasteiger partial charge >= 0.3 is 5.97 Å². The summed E-state index contributed by atoms with van der Waals surface area (Å²) in [4.78, 5) is 27.7. The van der Waals surface area contributed by atoms with E-state index in [9.17, 15) is 4.79 Å². The first-order valence-corrected chi connectivity index (χ1v) is 6.39. The molecule has 0 spiro atoms. The number of carbonyl (C=O) groups is 1. The van der Waals surface area contributed by atoms with E-state index in [0.29, 0.717) is 17.0 Å². The molecule has 3 rings (SSSR count). The van der Waals surface area contributed by atoms with Gasteiger partial charge in [0.1, 0.15) is 0 Å². The topological polar surface area (TPSA) is 91.8 Å². The number of carboxylic acid groups (broad SMARTS) is 1. The highest BCUT2D eigenvalue weighted by atomic mass is 32.1. The molecule has 0 saturated heterocycles. The Morgan fingerprint density at radius 2 is 2.16 bits per heavy atom. The largest absolute Gasteiger partial charge is 0.478 e. The van der Waals surface area contributed by atoms with E-state index in [0.717, 1.165) is 15.6 Å². The number of hydrogen-bond donors (Lipinski definition) is 2. The molecule has 3 heterocycles. The van der Waals surface area contributed by atoms with Gasteiger partial charge in [0, 0.05) is 6.20 Å².